The van der Waals surface area contributed by atoms with Crippen LogP contribution in [-0.2, 0) is 11.3 Å². The summed E-state index contributed by atoms with van der Waals surface area (Å²) in [5.74, 6) is -0.0261. The zero-order chi connectivity index (χ0) is 17.7. The van der Waals surface area contributed by atoms with E-state index in [0.717, 1.165) is 12.0 Å². The SMILES string of the molecule is CCN(Cc1ccc(C(=O)N(C)C)cc1)C(=O)N[C@@H]1CCO[C@@H]1C. The molecule has 132 valence electrons. The number of hydrogen-bond acceptors (Lipinski definition) is 3. The number of carbonyl (C=O) groups is 2. The standard InChI is InChI=1S/C18H27N3O3/c1-5-21(18(23)19-16-10-11-24-13(16)2)12-14-6-8-15(9-7-14)17(22)20(3)4/h6-9,13,16H,5,10-12H2,1-4H3,(H,19,23)/t13-,16-/m1/s1. The van der Waals surface area contributed by atoms with E-state index in [-0.39, 0.29) is 24.1 Å². The fraction of sp³-hybridized carbons (Fsp3) is 0.556. The lowest BCUT2D eigenvalue weighted by Crippen LogP contribution is -2.46. The lowest BCUT2D eigenvalue weighted by Gasteiger charge is -2.25. The second-order valence-electron chi connectivity index (χ2n) is 6.33. The first-order chi connectivity index (χ1) is 11.4. The normalized spacial score (nSPS) is 19.8. The van der Waals surface area contributed by atoms with Crippen LogP contribution in [-0.4, -0.2) is 61.1 Å². The number of ether oxygens (including phenoxy) is 1. The van der Waals surface area contributed by atoms with Crippen LogP contribution >= 0.6 is 0 Å². The van der Waals surface area contributed by atoms with Gasteiger partial charge in [0.25, 0.3) is 5.91 Å². The fourth-order valence-electron chi connectivity index (χ4n) is 2.73. The van der Waals surface area contributed by atoms with Crippen molar-refractivity contribution in [1.29, 1.82) is 0 Å². The van der Waals surface area contributed by atoms with E-state index in [9.17, 15) is 9.59 Å². The van der Waals surface area contributed by atoms with Crippen LogP contribution in [0.15, 0.2) is 24.3 Å². The summed E-state index contributed by atoms with van der Waals surface area (Å²) in [7, 11) is 3.46. The molecular weight excluding hydrogens is 306 g/mol. The Balaban J connectivity index is 1.96. The zero-order valence-corrected chi connectivity index (χ0v) is 14.9. The van der Waals surface area contributed by atoms with Crippen molar-refractivity contribution >= 4 is 11.9 Å². The molecule has 1 aliphatic heterocycles. The van der Waals surface area contributed by atoms with Gasteiger partial charge in [-0.3, -0.25) is 4.79 Å². The topological polar surface area (TPSA) is 61.9 Å². The second kappa shape index (κ2) is 8.15. The van der Waals surface area contributed by atoms with Crippen molar-refractivity contribution in [3.05, 3.63) is 35.4 Å². The molecule has 0 saturated carbocycles. The van der Waals surface area contributed by atoms with E-state index in [2.05, 4.69) is 5.32 Å². The summed E-state index contributed by atoms with van der Waals surface area (Å²) >= 11 is 0. The van der Waals surface area contributed by atoms with E-state index in [0.29, 0.717) is 25.3 Å². The Morgan fingerprint density at radius 1 is 1.25 bits per heavy atom. The van der Waals surface area contributed by atoms with E-state index < -0.39 is 0 Å². The number of rotatable bonds is 5. The molecule has 2 rings (SSSR count). The molecule has 0 spiro atoms. The van der Waals surface area contributed by atoms with Gasteiger partial charge in [0, 0.05) is 39.4 Å². The van der Waals surface area contributed by atoms with Gasteiger partial charge in [0.05, 0.1) is 12.1 Å². The molecule has 0 radical (unpaired) electrons. The Morgan fingerprint density at radius 3 is 2.42 bits per heavy atom. The van der Waals surface area contributed by atoms with Crippen molar-refractivity contribution in [3.8, 4) is 0 Å². The third-order valence-corrected chi connectivity index (χ3v) is 4.33. The Kier molecular flexibility index (Phi) is 6.20. The maximum Gasteiger partial charge on any atom is 0.317 e. The summed E-state index contributed by atoms with van der Waals surface area (Å²) in [6.07, 6.45) is 0.912. The number of urea groups is 1. The molecule has 1 N–H and O–H groups in total. The van der Waals surface area contributed by atoms with Crippen LogP contribution in [0.4, 0.5) is 4.79 Å². The maximum atomic E-state index is 12.4. The Bertz CT molecular complexity index is 571. The molecule has 0 aromatic heterocycles. The van der Waals surface area contributed by atoms with Gasteiger partial charge in [-0.05, 0) is 38.0 Å². The summed E-state index contributed by atoms with van der Waals surface area (Å²) in [6.45, 7) is 5.76. The predicted octanol–water partition coefficient (Wildman–Crippen LogP) is 2.10. The minimum Gasteiger partial charge on any atom is -0.376 e. The highest BCUT2D eigenvalue weighted by molar-refractivity contribution is 5.93. The molecule has 1 fully saturated rings. The summed E-state index contributed by atoms with van der Waals surface area (Å²) < 4.78 is 5.48. The molecule has 6 heteroatoms. The molecule has 0 unspecified atom stereocenters. The summed E-state index contributed by atoms with van der Waals surface area (Å²) in [4.78, 5) is 27.7. The first-order valence-corrected chi connectivity index (χ1v) is 8.40. The van der Waals surface area contributed by atoms with Crippen molar-refractivity contribution in [2.24, 2.45) is 0 Å². The van der Waals surface area contributed by atoms with Gasteiger partial charge in [-0.15, -0.1) is 0 Å². The third-order valence-electron chi connectivity index (χ3n) is 4.33. The summed E-state index contributed by atoms with van der Waals surface area (Å²) in [5.41, 5.74) is 1.64. The minimum absolute atomic E-state index is 0.0261. The van der Waals surface area contributed by atoms with Crippen LogP contribution in [0.5, 0.6) is 0 Å². The van der Waals surface area contributed by atoms with Gasteiger partial charge in [0.1, 0.15) is 0 Å². The average molecular weight is 333 g/mol. The quantitative estimate of drug-likeness (QED) is 0.897. The highest BCUT2D eigenvalue weighted by Gasteiger charge is 2.27. The number of nitrogens with one attached hydrogen (secondary N) is 1. The van der Waals surface area contributed by atoms with Crippen LogP contribution < -0.4 is 5.32 Å². The van der Waals surface area contributed by atoms with E-state index >= 15 is 0 Å². The smallest absolute Gasteiger partial charge is 0.317 e. The van der Waals surface area contributed by atoms with E-state index in [1.807, 2.05) is 26.0 Å². The van der Waals surface area contributed by atoms with Gasteiger partial charge >= 0.3 is 6.03 Å². The second-order valence-corrected chi connectivity index (χ2v) is 6.33. The first-order valence-electron chi connectivity index (χ1n) is 8.40. The van der Waals surface area contributed by atoms with Crippen LogP contribution in [0.3, 0.4) is 0 Å². The van der Waals surface area contributed by atoms with E-state index in [4.69, 9.17) is 4.74 Å². The fourth-order valence-corrected chi connectivity index (χ4v) is 2.73. The lowest BCUT2D eigenvalue weighted by molar-refractivity contribution is 0.0827. The Labute approximate surface area is 143 Å². The third kappa shape index (κ3) is 4.47. The lowest BCUT2D eigenvalue weighted by atomic mass is 10.1. The molecule has 0 aliphatic carbocycles. The molecule has 1 aromatic rings. The molecule has 3 amide bonds. The van der Waals surface area contributed by atoms with Gasteiger partial charge in [-0.2, -0.15) is 0 Å². The van der Waals surface area contributed by atoms with Gasteiger partial charge in [0.2, 0.25) is 0 Å². The number of hydrogen-bond donors (Lipinski definition) is 1. The van der Waals surface area contributed by atoms with Gasteiger partial charge < -0.3 is 19.9 Å². The zero-order valence-electron chi connectivity index (χ0n) is 14.9. The molecule has 1 heterocycles. The van der Waals surface area contributed by atoms with E-state index in [1.165, 1.54) is 0 Å². The monoisotopic (exact) mass is 333 g/mol. The van der Waals surface area contributed by atoms with Crippen LogP contribution in [0.25, 0.3) is 0 Å². The van der Waals surface area contributed by atoms with Crippen molar-refractivity contribution in [2.45, 2.75) is 39.0 Å². The maximum absolute atomic E-state index is 12.4. The molecule has 1 aromatic carbocycles. The summed E-state index contributed by atoms with van der Waals surface area (Å²) in [6, 6.07) is 7.40. The Hall–Kier alpha value is -2.08. The van der Waals surface area contributed by atoms with Gasteiger partial charge in [-0.25, -0.2) is 4.79 Å². The predicted molar refractivity (Wildman–Crippen MR) is 92.9 cm³/mol. The van der Waals surface area contributed by atoms with Gasteiger partial charge in [-0.1, -0.05) is 12.1 Å². The first kappa shape index (κ1) is 18.3. The number of carbonyl (C=O) groups excluding carboxylic acids is 2. The van der Waals surface area contributed by atoms with Crippen molar-refractivity contribution in [1.82, 2.24) is 15.1 Å². The largest absolute Gasteiger partial charge is 0.376 e. The van der Waals surface area contributed by atoms with Crippen LogP contribution in [0, 0.1) is 0 Å². The van der Waals surface area contributed by atoms with Crippen LogP contribution in [0.2, 0.25) is 0 Å². The number of nitrogens with zero attached hydrogens (tertiary/aromatic N) is 2. The Morgan fingerprint density at radius 2 is 1.92 bits per heavy atom. The number of benzene rings is 1. The van der Waals surface area contributed by atoms with E-state index in [1.54, 1.807) is 36.0 Å². The molecule has 1 saturated heterocycles. The minimum atomic E-state index is -0.0757. The van der Waals surface area contributed by atoms with Gasteiger partial charge in [0.15, 0.2) is 0 Å². The molecule has 24 heavy (non-hydrogen) atoms. The molecule has 2 atom stereocenters. The molecular formula is C18H27N3O3. The number of amides is 3. The summed E-state index contributed by atoms with van der Waals surface area (Å²) in [5, 5.41) is 3.05. The van der Waals surface area contributed by atoms with Crippen molar-refractivity contribution < 1.29 is 14.3 Å². The van der Waals surface area contributed by atoms with Crippen molar-refractivity contribution in [2.75, 3.05) is 27.2 Å². The molecule has 1 aliphatic rings. The highest BCUT2D eigenvalue weighted by atomic mass is 16.5. The average Bonchev–Trinajstić information content (AvgIpc) is 2.97. The highest BCUT2D eigenvalue weighted by Crippen LogP contribution is 2.14. The molecule has 0 bridgehead atoms. The molecule has 6 nitrogen and oxygen atoms in total. The van der Waals surface area contributed by atoms with Crippen LogP contribution in [0.1, 0.15) is 36.2 Å². The van der Waals surface area contributed by atoms with Crippen molar-refractivity contribution in [3.63, 3.8) is 0 Å².